The second-order valence-corrected chi connectivity index (χ2v) is 9.60. The lowest BCUT2D eigenvalue weighted by Crippen LogP contribution is -2.60. The van der Waals surface area contributed by atoms with Crippen molar-refractivity contribution in [3.05, 3.63) is 66.2 Å². The number of benzene rings is 2. The monoisotopic (exact) mass is 485 g/mol. The number of fused-ring (bicyclic) bond motifs is 1. The number of ether oxygens (including phenoxy) is 4. The third-order valence-electron chi connectivity index (χ3n) is 5.86. The molecule has 0 aromatic heterocycles. The normalized spacial score (nSPS) is 26.1. The van der Waals surface area contributed by atoms with Crippen LogP contribution in [0, 0.1) is 0 Å². The third-order valence-corrected chi connectivity index (χ3v) is 7.03. The second-order valence-electron chi connectivity index (χ2n) is 8.43. The number of esters is 1. The Morgan fingerprint density at radius 2 is 1.79 bits per heavy atom. The largest absolute Gasteiger partial charge is 0.456 e. The van der Waals surface area contributed by atoms with Crippen LogP contribution in [0.4, 0.5) is 4.79 Å². The Labute approximate surface area is 204 Å². The number of rotatable bonds is 10. The molecular formula is C26H31NO6S. The molecule has 2 fully saturated rings. The summed E-state index contributed by atoms with van der Waals surface area (Å²) < 4.78 is 23.9. The van der Waals surface area contributed by atoms with Gasteiger partial charge >= 0.3 is 12.1 Å². The SMILES string of the molecule is CCCCOCC1O[C@H](Sc2ccccc2)C2[C@@H](OC(=O)N2Cc2ccccc2)[C@@H]1OC(C)=O. The zero-order valence-corrected chi connectivity index (χ0v) is 20.3. The van der Waals surface area contributed by atoms with Gasteiger partial charge in [0.2, 0.25) is 0 Å². The highest BCUT2D eigenvalue weighted by Crippen LogP contribution is 2.41. The molecule has 7 nitrogen and oxygen atoms in total. The molecule has 2 aliphatic heterocycles. The van der Waals surface area contributed by atoms with Gasteiger partial charge in [0, 0.05) is 25.0 Å². The van der Waals surface area contributed by atoms with Crippen LogP contribution < -0.4 is 0 Å². The number of hydrogen-bond acceptors (Lipinski definition) is 7. The molecular weight excluding hydrogens is 454 g/mol. The maximum absolute atomic E-state index is 13.0. The van der Waals surface area contributed by atoms with Crippen LogP contribution in [-0.4, -0.2) is 60.0 Å². The predicted molar refractivity (Wildman–Crippen MR) is 128 cm³/mol. The van der Waals surface area contributed by atoms with Gasteiger partial charge < -0.3 is 18.9 Å². The average Bonchev–Trinajstić information content (AvgIpc) is 3.16. The number of unbranched alkanes of at least 4 members (excludes halogenated alkanes) is 1. The molecule has 2 aromatic carbocycles. The maximum atomic E-state index is 13.0. The molecule has 0 bridgehead atoms. The van der Waals surface area contributed by atoms with E-state index >= 15 is 0 Å². The highest BCUT2D eigenvalue weighted by molar-refractivity contribution is 7.99. The number of hydrogen-bond donors (Lipinski definition) is 0. The molecule has 8 heteroatoms. The smallest absolute Gasteiger partial charge is 0.411 e. The van der Waals surface area contributed by atoms with Crippen LogP contribution in [0.1, 0.15) is 32.3 Å². The summed E-state index contributed by atoms with van der Waals surface area (Å²) >= 11 is 1.53. The van der Waals surface area contributed by atoms with Gasteiger partial charge in [0.25, 0.3) is 0 Å². The summed E-state index contributed by atoms with van der Waals surface area (Å²) in [4.78, 5) is 27.7. The van der Waals surface area contributed by atoms with E-state index in [-0.39, 0.29) is 6.61 Å². The molecule has 2 heterocycles. The van der Waals surface area contributed by atoms with Crippen molar-refractivity contribution >= 4 is 23.8 Å². The van der Waals surface area contributed by atoms with Gasteiger partial charge in [-0.25, -0.2) is 4.79 Å². The van der Waals surface area contributed by atoms with Crippen LogP contribution in [0.5, 0.6) is 0 Å². The summed E-state index contributed by atoms with van der Waals surface area (Å²) in [5.74, 6) is -0.447. The number of thioether (sulfide) groups is 1. The first-order valence-electron chi connectivity index (χ1n) is 11.7. The van der Waals surface area contributed by atoms with Gasteiger partial charge in [-0.1, -0.05) is 73.6 Å². The van der Waals surface area contributed by atoms with Crippen LogP contribution in [0.15, 0.2) is 65.6 Å². The van der Waals surface area contributed by atoms with Crippen molar-refractivity contribution in [2.75, 3.05) is 13.2 Å². The number of amides is 1. The van der Waals surface area contributed by atoms with Gasteiger partial charge in [-0.2, -0.15) is 0 Å². The van der Waals surface area contributed by atoms with Gasteiger partial charge in [-0.05, 0) is 24.1 Å². The molecule has 2 aliphatic rings. The minimum Gasteiger partial charge on any atom is -0.456 e. The molecule has 0 N–H and O–H groups in total. The summed E-state index contributed by atoms with van der Waals surface area (Å²) in [6.45, 7) is 4.67. The molecule has 34 heavy (non-hydrogen) atoms. The van der Waals surface area contributed by atoms with Gasteiger partial charge in [0.15, 0.2) is 12.2 Å². The predicted octanol–water partition coefficient (Wildman–Crippen LogP) is 4.64. The minimum absolute atomic E-state index is 0.253. The van der Waals surface area contributed by atoms with Crippen molar-refractivity contribution in [1.29, 1.82) is 0 Å². The summed E-state index contributed by atoms with van der Waals surface area (Å²) in [6, 6.07) is 19.2. The van der Waals surface area contributed by atoms with Crippen molar-refractivity contribution in [3.63, 3.8) is 0 Å². The van der Waals surface area contributed by atoms with Crippen LogP contribution in [0.2, 0.25) is 0 Å². The van der Waals surface area contributed by atoms with E-state index in [1.807, 2.05) is 60.7 Å². The van der Waals surface area contributed by atoms with Crippen molar-refractivity contribution in [2.24, 2.45) is 0 Å². The standard InChI is InChI=1S/C26H31NO6S/c1-3-4-15-30-17-21-23(31-18(2)28)24-22(25(32-21)34-20-13-9-6-10-14-20)27(26(29)33-24)16-19-11-7-5-8-12-19/h5-14,21-25H,3-4,15-17H2,1-2H3/t21?,22?,23-,24-,25-/m1/s1. The molecule has 0 saturated carbocycles. The molecule has 0 aliphatic carbocycles. The first-order valence-corrected chi connectivity index (χ1v) is 12.6. The summed E-state index contributed by atoms with van der Waals surface area (Å²) in [5.41, 5.74) is 0.562. The highest BCUT2D eigenvalue weighted by atomic mass is 32.2. The maximum Gasteiger partial charge on any atom is 0.411 e. The summed E-state index contributed by atoms with van der Waals surface area (Å²) in [7, 11) is 0. The molecule has 0 radical (unpaired) electrons. The fourth-order valence-electron chi connectivity index (χ4n) is 4.25. The van der Waals surface area contributed by atoms with Gasteiger partial charge in [-0.15, -0.1) is 0 Å². The molecule has 2 aromatic rings. The van der Waals surface area contributed by atoms with Crippen molar-refractivity contribution in [3.8, 4) is 0 Å². The van der Waals surface area contributed by atoms with E-state index in [0.717, 1.165) is 23.3 Å². The van der Waals surface area contributed by atoms with E-state index in [2.05, 4.69) is 6.92 Å². The molecule has 0 spiro atoms. The van der Waals surface area contributed by atoms with E-state index in [4.69, 9.17) is 18.9 Å². The topological polar surface area (TPSA) is 74.3 Å². The van der Waals surface area contributed by atoms with Crippen LogP contribution >= 0.6 is 11.8 Å². The zero-order chi connectivity index (χ0) is 23.9. The van der Waals surface area contributed by atoms with E-state index < -0.39 is 41.9 Å². The van der Waals surface area contributed by atoms with Crippen molar-refractivity contribution < 1.29 is 28.5 Å². The fraction of sp³-hybridized carbons (Fsp3) is 0.462. The van der Waals surface area contributed by atoms with Crippen LogP contribution in [-0.2, 0) is 30.3 Å². The van der Waals surface area contributed by atoms with E-state index in [9.17, 15) is 9.59 Å². The zero-order valence-electron chi connectivity index (χ0n) is 19.5. The Hall–Kier alpha value is -2.55. The molecule has 5 atom stereocenters. The summed E-state index contributed by atoms with van der Waals surface area (Å²) in [5, 5.41) is 0. The van der Waals surface area contributed by atoms with Crippen LogP contribution in [0.3, 0.4) is 0 Å². The molecule has 182 valence electrons. The number of carbonyl (C=O) groups excluding carboxylic acids is 2. The molecule has 2 unspecified atom stereocenters. The number of nitrogens with zero attached hydrogens (tertiary/aromatic N) is 1. The van der Waals surface area contributed by atoms with E-state index in [1.165, 1.54) is 18.7 Å². The molecule has 1 amide bonds. The number of carbonyl (C=O) groups is 2. The first-order chi connectivity index (χ1) is 16.6. The van der Waals surface area contributed by atoms with E-state index in [1.54, 1.807) is 4.90 Å². The van der Waals surface area contributed by atoms with Crippen molar-refractivity contribution in [1.82, 2.24) is 4.90 Å². The minimum atomic E-state index is -0.749. The quantitative estimate of drug-likeness (QED) is 0.358. The van der Waals surface area contributed by atoms with Gasteiger partial charge in [0.1, 0.15) is 17.6 Å². The lowest BCUT2D eigenvalue weighted by Gasteiger charge is -2.43. The lowest BCUT2D eigenvalue weighted by molar-refractivity contribution is -0.195. The second kappa shape index (κ2) is 11.7. The van der Waals surface area contributed by atoms with Gasteiger partial charge in [0.05, 0.1) is 6.61 Å². The Balaban J connectivity index is 1.62. The Kier molecular flexibility index (Phi) is 8.48. The Morgan fingerprint density at radius 3 is 2.47 bits per heavy atom. The van der Waals surface area contributed by atoms with Gasteiger partial charge in [-0.3, -0.25) is 9.69 Å². The molecule has 4 rings (SSSR count). The first kappa shape index (κ1) is 24.6. The Morgan fingerprint density at radius 1 is 1.09 bits per heavy atom. The van der Waals surface area contributed by atoms with Crippen LogP contribution in [0.25, 0.3) is 0 Å². The molecule has 2 saturated heterocycles. The van der Waals surface area contributed by atoms with Crippen molar-refractivity contribution in [2.45, 2.75) is 67.9 Å². The highest BCUT2D eigenvalue weighted by Gasteiger charge is 2.57. The summed E-state index contributed by atoms with van der Waals surface area (Å²) in [6.07, 6.45) is -0.448. The lowest BCUT2D eigenvalue weighted by atomic mass is 9.97. The average molecular weight is 486 g/mol. The fourth-order valence-corrected chi connectivity index (χ4v) is 5.48. The third kappa shape index (κ3) is 5.92. The Bertz CT molecular complexity index is 943. The van der Waals surface area contributed by atoms with E-state index in [0.29, 0.717) is 13.2 Å².